The predicted molar refractivity (Wildman–Crippen MR) is 115 cm³/mol. The smallest absolute Gasteiger partial charge is 0.305 e. The van der Waals surface area contributed by atoms with Gasteiger partial charge in [-0.25, -0.2) is 0 Å². The average Bonchev–Trinajstić information content (AvgIpc) is 3.16. The molecule has 0 spiro atoms. The first-order chi connectivity index (χ1) is 15.4. The summed E-state index contributed by atoms with van der Waals surface area (Å²) < 4.78 is 40.5. The van der Waals surface area contributed by atoms with Gasteiger partial charge in [0.1, 0.15) is 0 Å². The number of halogens is 3. The molecule has 5 rings (SSSR count). The maximum atomic E-state index is 12.8. The molecule has 10 heteroatoms. The van der Waals surface area contributed by atoms with Crippen LogP contribution in [0.15, 0.2) is 47.9 Å². The fraction of sp³-hybridized carbons (Fsp3) is 0.455. The Morgan fingerprint density at radius 3 is 2.66 bits per heavy atom. The topological polar surface area (TPSA) is 59.7 Å². The van der Waals surface area contributed by atoms with E-state index in [9.17, 15) is 13.2 Å². The van der Waals surface area contributed by atoms with Crippen molar-refractivity contribution >= 4 is 11.8 Å². The number of nitrogens with zero attached hydrogens (tertiary/aromatic N) is 6. The van der Waals surface area contributed by atoms with Gasteiger partial charge < -0.3 is 9.47 Å². The Morgan fingerprint density at radius 1 is 1.12 bits per heavy atom. The van der Waals surface area contributed by atoms with Crippen molar-refractivity contribution in [3.63, 3.8) is 0 Å². The van der Waals surface area contributed by atoms with E-state index in [0.29, 0.717) is 5.92 Å². The first kappa shape index (κ1) is 21.4. The zero-order chi connectivity index (χ0) is 22.3. The summed E-state index contributed by atoms with van der Waals surface area (Å²) in [5.41, 5.74) is 1.40. The van der Waals surface area contributed by atoms with Gasteiger partial charge in [-0.15, -0.1) is 10.2 Å². The number of rotatable bonds is 7. The highest BCUT2D eigenvalue weighted by Gasteiger charge is 2.60. The fourth-order valence-electron chi connectivity index (χ4n) is 4.76. The van der Waals surface area contributed by atoms with Gasteiger partial charge in [-0.2, -0.15) is 23.4 Å². The summed E-state index contributed by atoms with van der Waals surface area (Å²) in [6.45, 7) is 2.93. The summed E-state index contributed by atoms with van der Waals surface area (Å²) in [5, 5.41) is 17.1. The maximum absolute atomic E-state index is 12.8. The summed E-state index contributed by atoms with van der Waals surface area (Å²) in [7, 11) is 1.94. The van der Waals surface area contributed by atoms with Gasteiger partial charge in [-0.3, -0.25) is 0 Å². The third-order valence-electron chi connectivity index (χ3n) is 6.53. The second-order valence-corrected chi connectivity index (χ2v) is 9.63. The van der Waals surface area contributed by atoms with Crippen LogP contribution in [0.5, 0.6) is 0 Å². The number of aromatic nitrogens is 5. The minimum atomic E-state index is -4.28. The van der Waals surface area contributed by atoms with Crippen molar-refractivity contribution in [2.24, 2.45) is 13.0 Å². The zero-order valence-electron chi connectivity index (χ0n) is 17.6. The Labute approximate surface area is 188 Å². The van der Waals surface area contributed by atoms with Gasteiger partial charge >= 0.3 is 6.18 Å². The third kappa shape index (κ3) is 4.01. The van der Waals surface area contributed by atoms with Crippen LogP contribution in [0.3, 0.4) is 0 Å². The summed E-state index contributed by atoms with van der Waals surface area (Å²) >= 11 is 1.68. The van der Waals surface area contributed by atoms with Crippen LogP contribution >= 0.6 is 11.8 Å². The largest absolute Gasteiger partial charge is 0.416 e. The molecule has 0 bridgehead atoms. The van der Waals surface area contributed by atoms with Gasteiger partial charge in [-0.05, 0) is 49.1 Å². The highest BCUT2D eigenvalue weighted by atomic mass is 32.2. The molecule has 2 atom stereocenters. The van der Waals surface area contributed by atoms with E-state index in [1.165, 1.54) is 12.1 Å². The van der Waals surface area contributed by atoms with Crippen LogP contribution in [0.25, 0.3) is 11.4 Å². The molecular formula is C22H23F3N6S. The second kappa shape index (κ2) is 8.15. The van der Waals surface area contributed by atoms with Crippen molar-refractivity contribution < 1.29 is 13.2 Å². The molecule has 0 amide bonds. The first-order valence-corrected chi connectivity index (χ1v) is 11.5. The molecule has 1 aliphatic carbocycles. The molecule has 168 valence electrons. The lowest BCUT2D eigenvalue weighted by atomic mass is 9.94. The predicted octanol–water partition coefficient (Wildman–Crippen LogP) is 4.05. The quantitative estimate of drug-likeness (QED) is 0.392. The lowest BCUT2D eigenvalue weighted by molar-refractivity contribution is -0.137. The molecule has 6 nitrogen and oxygen atoms in total. The summed E-state index contributed by atoms with van der Waals surface area (Å²) in [6.07, 6.45) is 1.12. The fourth-order valence-corrected chi connectivity index (χ4v) is 5.60. The van der Waals surface area contributed by atoms with E-state index in [1.807, 2.05) is 17.7 Å². The van der Waals surface area contributed by atoms with E-state index >= 15 is 0 Å². The molecular weight excluding hydrogens is 437 g/mol. The van der Waals surface area contributed by atoms with Crippen molar-refractivity contribution in [2.75, 3.05) is 25.4 Å². The molecule has 3 heterocycles. The Morgan fingerprint density at radius 2 is 1.94 bits per heavy atom. The molecule has 2 unspecified atom stereocenters. The minimum absolute atomic E-state index is 0.0499. The Balaban J connectivity index is 1.12. The van der Waals surface area contributed by atoms with E-state index in [2.05, 4.69) is 25.3 Å². The number of alkyl halides is 3. The van der Waals surface area contributed by atoms with Crippen molar-refractivity contribution in [3.05, 3.63) is 53.9 Å². The molecule has 0 N–H and O–H groups in total. The third-order valence-corrected chi connectivity index (χ3v) is 7.64. The van der Waals surface area contributed by atoms with Gasteiger partial charge in [0.15, 0.2) is 11.0 Å². The zero-order valence-corrected chi connectivity index (χ0v) is 18.4. The van der Waals surface area contributed by atoms with Gasteiger partial charge in [0.25, 0.3) is 0 Å². The summed E-state index contributed by atoms with van der Waals surface area (Å²) in [6, 6.07) is 7.64. The van der Waals surface area contributed by atoms with E-state index in [4.69, 9.17) is 0 Å². The van der Waals surface area contributed by atoms with E-state index in [-0.39, 0.29) is 5.41 Å². The number of benzene rings is 1. The van der Waals surface area contributed by atoms with E-state index < -0.39 is 11.7 Å². The van der Waals surface area contributed by atoms with Crippen molar-refractivity contribution in [2.45, 2.75) is 29.6 Å². The Hall–Kier alpha value is -2.46. The van der Waals surface area contributed by atoms with Crippen molar-refractivity contribution in [1.29, 1.82) is 0 Å². The van der Waals surface area contributed by atoms with Crippen LogP contribution < -0.4 is 0 Å². The first-order valence-electron chi connectivity index (χ1n) is 10.6. The monoisotopic (exact) mass is 460 g/mol. The molecule has 1 aromatic carbocycles. The Kier molecular flexibility index (Phi) is 5.45. The highest BCUT2D eigenvalue weighted by molar-refractivity contribution is 7.99. The van der Waals surface area contributed by atoms with Crippen molar-refractivity contribution in [1.82, 2.24) is 29.9 Å². The lowest BCUT2D eigenvalue weighted by Gasteiger charge is -2.21. The molecule has 1 aliphatic heterocycles. The molecule has 2 aromatic heterocycles. The molecule has 2 aliphatic rings. The Bertz CT molecular complexity index is 1090. The highest BCUT2D eigenvalue weighted by Crippen LogP contribution is 2.59. The lowest BCUT2D eigenvalue weighted by Crippen LogP contribution is -2.28. The van der Waals surface area contributed by atoms with Crippen LogP contribution in [0.4, 0.5) is 13.2 Å². The molecule has 2 fully saturated rings. The summed E-state index contributed by atoms with van der Waals surface area (Å²) in [4.78, 5) is 2.44. The van der Waals surface area contributed by atoms with Crippen molar-refractivity contribution in [3.8, 4) is 11.4 Å². The molecule has 1 saturated heterocycles. The van der Waals surface area contributed by atoms with Crippen LogP contribution in [-0.4, -0.2) is 55.2 Å². The standard InChI is InChI=1S/C22H23F3N6S/c1-30-19(15-7-8-26-27-12-15)28-29-20(30)32-10-2-9-31-13-18-11-21(18,14-31)16-3-5-17(6-4-16)22(23,24)25/h3-8,12,18H,2,9-11,13-14H2,1H3. The number of hydrogen-bond acceptors (Lipinski definition) is 6. The van der Waals surface area contributed by atoms with E-state index in [0.717, 1.165) is 60.3 Å². The number of fused-ring (bicyclic) bond motifs is 1. The van der Waals surface area contributed by atoms with E-state index in [1.54, 1.807) is 36.3 Å². The van der Waals surface area contributed by atoms with Gasteiger partial charge in [-0.1, -0.05) is 23.9 Å². The number of hydrogen-bond donors (Lipinski definition) is 0. The van der Waals surface area contributed by atoms with Gasteiger partial charge in [0.2, 0.25) is 0 Å². The van der Waals surface area contributed by atoms with Crippen LogP contribution in [0.1, 0.15) is 24.0 Å². The number of likely N-dealkylation sites (tertiary alicyclic amines) is 1. The van der Waals surface area contributed by atoms with Crippen LogP contribution in [-0.2, 0) is 18.6 Å². The minimum Gasteiger partial charge on any atom is -0.305 e. The number of thioether (sulfide) groups is 1. The van der Waals surface area contributed by atoms with Crippen LogP contribution in [0.2, 0.25) is 0 Å². The normalized spacial score (nSPS) is 22.8. The second-order valence-electron chi connectivity index (χ2n) is 8.57. The molecule has 1 saturated carbocycles. The molecule has 32 heavy (non-hydrogen) atoms. The SMILES string of the molecule is Cn1c(SCCCN2CC3CC3(c3ccc(C(F)(F)F)cc3)C2)nnc1-c1ccnnc1. The average molecular weight is 461 g/mol. The van der Waals surface area contributed by atoms with Gasteiger partial charge in [0, 0.05) is 36.9 Å². The molecule has 0 radical (unpaired) electrons. The molecule has 3 aromatic rings. The summed E-state index contributed by atoms with van der Waals surface area (Å²) in [5.74, 6) is 2.25. The maximum Gasteiger partial charge on any atom is 0.416 e. The van der Waals surface area contributed by atoms with Gasteiger partial charge in [0.05, 0.1) is 18.0 Å². The van der Waals surface area contributed by atoms with Crippen LogP contribution in [0, 0.1) is 5.92 Å². The number of piperidine rings is 1.